The fourth-order valence-corrected chi connectivity index (χ4v) is 5.12. The van der Waals surface area contributed by atoms with Crippen molar-refractivity contribution in [1.82, 2.24) is 4.48 Å². The lowest BCUT2D eigenvalue weighted by Gasteiger charge is -2.33. The van der Waals surface area contributed by atoms with Gasteiger partial charge in [-0.1, -0.05) is 0 Å². The quantitative estimate of drug-likeness (QED) is 0.650. The summed E-state index contributed by atoms with van der Waals surface area (Å²) in [6, 6.07) is 3.92. The van der Waals surface area contributed by atoms with Gasteiger partial charge in [0, 0.05) is 29.1 Å². The first kappa shape index (κ1) is 15.6. The summed E-state index contributed by atoms with van der Waals surface area (Å²) in [7, 11) is 0. The van der Waals surface area contributed by atoms with E-state index in [-0.39, 0.29) is 0 Å². The van der Waals surface area contributed by atoms with Gasteiger partial charge >= 0.3 is 6.97 Å². The number of rotatable bonds is 1. The Morgan fingerprint density at radius 1 is 1.08 bits per heavy atom. The lowest BCUT2D eigenvalue weighted by atomic mass is 9.85. The Morgan fingerprint density at radius 2 is 1.79 bits per heavy atom. The molecule has 124 valence electrons. The van der Waals surface area contributed by atoms with Crippen LogP contribution in [0.5, 0.6) is 0 Å². The summed E-state index contributed by atoms with van der Waals surface area (Å²) >= 11 is 1.62. The van der Waals surface area contributed by atoms with E-state index in [0.29, 0.717) is 22.8 Å². The maximum absolute atomic E-state index is 15.4. The number of halogens is 2. The van der Waals surface area contributed by atoms with Gasteiger partial charge in [-0.05, 0) is 62.0 Å². The number of fused-ring (bicyclic) bond motifs is 2. The molecule has 0 aromatic carbocycles. The number of nitrogens with zero attached hydrogens (tertiary/aromatic N) is 2. The zero-order valence-electron chi connectivity index (χ0n) is 14.4. The highest BCUT2D eigenvalue weighted by molar-refractivity contribution is 7.11. The number of aromatic nitrogens is 1. The summed E-state index contributed by atoms with van der Waals surface area (Å²) < 4.78 is 33.4. The molecule has 2 aromatic heterocycles. The van der Waals surface area contributed by atoms with Gasteiger partial charge < -0.3 is 17.6 Å². The van der Waals surface area contributed by atoms with Crippen molar-refractivity contribution in [1.29, 1.82) is 0 Å². The molecule has 2 aliphatic rings. The van der Waals surface area contributed by atoms with Crippen LogP contribution in [0.2, 0.25) is 0 Å². The summed E-state index contributed by atoms with van der Waals surface area (Å²) in [4.78, 5) is 1.08. The Balaban J connectivity index is 2.22. The van der Waals surface area contributed by atoms with Crippen LogP contribution in [0.4, 0.5) is 8.63 Å². The van der Waals surface area contributed by atoms with Crippen molar-refractivity contribution in [2.45, 2.75) is 34.6 Å². The van der Waals surface area contributed by atoms with Crippen LogP contribution >= 0.6 is 11.3 Å². The number of hydrogen-bond acceptors (Lipinski definition) is 1. The molecule has 0 unspecified atom stereocenters. The van der Waals surface area contributed by atoms with Crippen molar-refractivity contribution >= 4 is 29.6 Å². The molecule has 2 aromatic rings. The molecule has 0 N–H and O–H groups in total. The van der Waals surface area contributed by atoms with Crippen molar-refractivity contribution < 1.29 is 13.1 Å². The van der Waals surface area contributed by atoms with Gasteiger partial charge in [0.15, 0.2) is 5.70 Å². The lowest BCUT2D eigenvalue weighted by Crippen LogP contribution is -2.51. The highest BCUT2D eigenvalue weighted by Gasteiger charge is 2.55. The van der Waals surface area contributed by atoms with Crippen LogP contribution in [-0.2, 0) is 0 Å². The molecule has 0 aliphatic carbocycles. The molecule has 0 fully saturated rings. The lowest BCUT2D eigenvalue weighted by molar-refractivity contribution is -0.363. The van der Waals surface area contributed by atoms with Crippen molar-refractivity contribution in [3.05, 3.63) is 62.3 Å². The predicted octanol–water partition coefficient (Wildman–Crippen LogP) is 4.90. The summed E-state index contributed by atoms with van der Waals surface area (Å²) in [6.45, 7) is 5.54. The second-order valence-corrected chi connectivity index (χ2v) is 7.69. The summed E-state index contributed by atoms with van der Waals surface area (Å²) in [5.74, 6) is 0. The fraction of sp³-hybridized carbons (Fsp3) is 0.278. The van der Waals surface area contributed by atoms with Crippen LogP contribution in [0, 0.1) is 20.8 Å². The highest BCUT2D eigenvalue weighted by atomic mass is 32.1. The van der Waals surface area contributed by atoms with Crippen LogP contribution in [0.1, 0.15) is 41.2 Å². The molecule has 24 heavy (non-hydrogen) atoms. The maximum Gasteiger partial charge on any atom is 0.737 e. The third-order valence-corrected chi connectivity index (χ3v) is 6.06. The SMILES string of the molecule is CC1=CC(C)=[N+]2C1=C(c1sccc1C)c1c(C)cc(C)n1[B-]2(F)F. The molecule has 0 saturated carbocycles. The van der Waals surface area contributed by atoms with E-state index in [1.807, 2.05) is 38.3 Å². The van der Waals surface area contributed by atoms with Gasteiger partial charge in [0.25, 0.3) is 0 Å². The van der Waals surface area contributed by atoms with Crippen molar-refractivity contribution in [3.63, 3.8) is 0 Å². The predicted molar refractivity (Wildman–Crippen MR) is 97.1 cm³/mol. The molecule has 0 spiro atoms. The van der Waals surface area contributed by atoms with E-state index in [9.17, 15) is 0 Å². The van der Waals surface area contributed by atoms with E-state index < -0.39 is 6.97 Å². The number of hydrogen-bond donors (Lipinski definition) is 0. The minimum absolute atomic E-state index is 0.607. The first-order valence-electron chi connectivity index (χ1n) is 8.06. The molecule has 0 saturated heterocycles. The maximum atomic E-state index is 15.4. The zero-order chi connectivity index (χ0) is 17.4. The van der Waals surface area contributed by atoms with E-state index in [2.05, 4.69) is 6.07 Å². The second-order valence-electron chi connectivity index (χ2n) is 6.77. The smallest absolute Gasteiger partial charge is 0.393 e. The topological polar surface area (TPSA) is 7.94 Å². The molecule has 2 aliphatic heterocycles. The molecule has 0 atom stereocenters. The fourth-order valence-electron chi connectivity index (χ4n) is 4.14. The van der Waals surface area contributed by atoms with Gasteiger partial charge in [0.05, 0.1) is 5.57 Å². The van der Waals surface area contributed by atoms with Gasteiger partial charge in [-0.2, -0.15) is 0 Å². The average Bonchev–Trinajstić information content (AvgIpc) is 3.10. The molecule has 0 amide bonds. The molecule has 4 rings (SSSR count). The Hall–Kier alpha value is -1.95. The molecule has 0 radical (unpaired) electrons. The van der Waals surface area contributed by atoms with E-state index in [0.717, 1.165) is 27.2 Å². The van der Waals surface area contributed by atoms with Gasteiger partial charge in [0.1, 0.15) is 5.71 Å². The van der Waals surface area contributed by atoms with Crippen LogP contribution in [0.3, 0.4) is 0 Å². The number of thiophene rings is 1. The standard InChI is InChI=1S/C18H19BF2N2S/c1-10-6-7-24-18(10)15-16-11(2)8-13(4)22(16)19(20,21)23-14(5)9-12(3)17(15)23/h6-9H,1-5H3. The molecule has 4 heterocycles. The Morgan fingerprint density at radius 3 is 2.42 bits per heavy atom. The molecule has 0 bridgehead atoms. The van der Waals surface area contributed by atoms with Crippen molar-refractivity contribution in [3.8, 4) is 0 Å². The molecule has 2 nitrogen and oxygen atoms in total. The van der Waals surface area contributed by atoms with E-state index in [1.165, 1.54) is 8.96 Å². The monoisotopic (exact) mass is 344 g/mol. The minimum atomic E-state index is -3.88. The van der Waals surface area contributed by atoms with Gasteiger partial charge in [-0.3, -0.25) is 0 Å². The van der Waals surface area contributed by atoms with E-state index in [4.69, 9.17) is 0 Å². The number of aryl methyl sites for hydroxylation is 3. The Bertz CT molecular complexity index is 989. The summed E-state index contributed by atoms with van der Waals surface area (Å²) in [5.41, 5.74) is 6.41. The second kappa shape index (κ2) is 4.79. The van der Waals surface area contributed by atoms with Crippen molar-refractivity contribution in [2.75, 3.05) is 0 Å². The Labute approximate surface area is 144 Å². The summed E-state index contributed by atoms with van der Waals surface area (Å²) in [6.07, 6.45) is 1.87. The van der Waals surface area contributed by atoms with Crippen LogP contribution in [0.25, 0.3) is 5.57 Å². The van der Waals surface area contributed by atoms with Crippen LogP contribution in [0.15, 0.2) is 34.9 Å². The third-order valence-electron chi connectivity index (χ3n) is 5.02. The average molecular weight is 344 g/mol. The number of allylic oxidation sites excluding steroid dienone is 2. The normalized spacial score (nSPS) is 18.9. The first-order valence-corrected chi connectivity index (χ1v) is 8.94. The summed E-state index contributed by atoms with van der Waals surface area (Å²) in [5, 5.41) is 2.03. The zero-order valence-corrected chi connectivity index (χ0v) is 15.3. The van der Waals surface area contributed by atoms with E-state index >= 15 is 8.63 Å². The van der Waals surface area contributed by atoms with E-state index in [1.54, 1.807) is 25.2 Å². The third kappa shape index (κ3) is 1.77. The van der Waals surface area contributed by atoms with Gasteiger partial charge in [-0.25, -0.2) is 0 Å². The van der Waals surface area contributed by atoms with Gasteiger partial charge in [-0.15, -0.1) is 11.3 Å². The van der Waals surface area contributed by atoms with Crippen LogP contribution in [-0.4, -0.2) is 21.6 Å². The van der Waals surface area contributed by atoms with Crippen LogP contribution < -0.4 is 0 Å². The molecular weight excluding hydrogens is 325 g/mol. The first-order chi connectivity index (χ1) is 11.2. The highest BCUT2D eigenvalue weighted by Crippen LogP contribution is 2.45. The van der Waals surface area contributed by atoms with Crippen molar-refractivity contribution in [2.24, 2.45) is 0 Å². The molecule has 6 heteroatoms. The minimum Gasteiger partial charge on any atom is -0.393 e. The molecular formula is C18H19BF2N2S. The Kier molecular flexibility index (Phi) is 3.11. The largest absolute Gasteiger partial charge is 0.737 e. The van der Waals surface area contributed by atoms with Gasteiger partial charge in [0.2, 0.25) is 0 Å².